The molecule has 1 aliphatic rings. The maximum Gasteiger partial charge on any atom is 0.573 e. The number of hydrogen-bond acceptors (Lipinski definition) is 3. The molecule has 20 heavy (non-hydrogen) atoms. The molecule has 1 saturated heterocycles. The smallest absolute Gasteiger partial charge is 0.403 e. The second-order valence-corrected chi connectivity index (χ2v) is 4.85. The molecule has 7 heteroatoms. The van der Waals surface area contributed by atoms with E-state index in [1.54, 1.807) is 0 Å². The number of benzene rings is 1. The first-order valence-corrected chi connectivity index (χ1v) is 6.38. The molecule has 0 unspecified atom stereocenters. The summed E-state index contributed by atoms with van der Waals surface area (Å²) in [5.74, 6) is -1.69. The third-order valence-electron chi connectivity index (χ3n) is 3.46. The topological polar surface area (TPSA) is 47.3 Å². The highest BCUT2D eigenvalue weighted by atomic mass is 19.4. The van der Waals surface area contributed by atoms with Crippen molar-refractivity contribution in [2.75, 3.05) is 13.1 Å². The lowest BCUT2D eigenvalue weighted by Gasteiger charge is -2.28. The van der Waals surface area contributed by atoms with Gasteiger partial charge in [0, 0.05) is 6.04 Å². The summed E-state index contributed by atoms with van der Waals surface area (Å²) >= 11 is 0. The maximum atomic E-state index is 13.6. The number of hydrogen-bond donors (Lipinski definition) is 2. The van der Waals surface area contributed by atoms with Gasteiger partial charge in [-0.1, -0.05) is 6.07 Å². The normalized spacial score (nSPS) is 18.9. The lowest BCUT2D eigenvalue weighted by atomic mass is 9.86. The summed E-state index contributed by atoms with van der Waals surface area (Å²) < 4.78 is 53.4. The Labute approximate surface area is 114 Å². The van der Waals surface area contributed by atoms with Crippen LogP contribution in [-0.2, 0) is 0 Å². The van der Waals surface area contributed by atoms with Crippen molar-refractivity contribution in [2.45, 2.75) is 25.2 Å². The number of rotatable bonds is 3. The molecule has 1 fully saturated rings. The van der Waals surface area contributed by atoms with Crippen LogP contribution in [0, 0.1) is 11.7 Å². The van der Waals surface area contributed by atoms with Gasteiger partial charge in [-0.3, -0.25) is 0 Å². The zero-order valence-electron chi connectivity index (χ0n) is 10.7. The Balaban J connectivity index is 2.11. The Morgan fingerprint density at radius 2 is 1.90 bits per heavy atom. The highest BCUT2D eigenvalue weighted by molar-refractivity contribution is 5.31. The Morgan fingerprint density at radius 1 is 1.25 bits per heavy atom. The molecule has 0 bridgehead atoms. The van der Waals surface area contributed by atoms with E-state index in [1.165, 1.54) is 6.07 Å². The molecule has 1 aliphatic heterocycles. The van der Waals surface area contributed by atoms with E-state index >= 15 is 0 Å². The van der Waals surface area contributed by atoms with Gasteiger partial charge in [0.05, 0.1) is 0 Å². The molecule has 2 rings (SSSR count). The minimum absolute atomic E-state index is 0.199. The molecule has 0 spiro atoms. The van der Waals surface area contributed by atoms with Crippen molar-refractivity contribution in [1.82, 2.24) is 5.32 Å². The van der Waals surface area contributed by atoms with E-state index in [0.717, 1.165) is 38.1 Å². The molecule has 0 radical (unpaired) electrons. The number of piperidine rings is 1. The van der Waals surface area contributed by atoms with Crippen molar-refractivity contribution in [3.63, 3.8) is 0 Å². The fourth-order valence-electron chi connectivity index (χ4n) is 2.41. The summed E-state index contributed by atoms with van der Waals surface area (Å²) in [7, 11) is 0. The SMILES string of the molecule is N[C@@H](c1ccc(OC(F)(F)F)c(F)c1)C1CCNCC1. The third kappa shape index (κ3) is 3.83. The van der Waals surface area contributed by atoms with Gasteiger partial charge in [-0.2, -0.15) is 0 Å². The van der Waals surface area contributed by atoms with Gasteiger partial charge in [-0.15, -0.1) is 13.2 Å². The monoisotopic (exact) mass is 292 g/mol. The molecule has 0 saturated carbocycles. The van der Waals surface area contributed by atoms with E-state index in [1.807, 2.05) is 0 Å². The van der Waals surface area contributed by atoms with Gasteiger partial charge in [-0.25, -0.2) is 4.39 Å². The second-order valence-electron chi connectivity index (χ2n) is 4.85. The van der Waals surface area contributed by atoms with Crippen molar-refractivity contribution in [3.05, 3.63) is 29.6 Å². The third-order valence-corrected chi connectivity index (χ3v) is 3.46. The zero-order chi connectivity index (χ0) is 14.8. The Morgan fingerprint density at radius 3 is 2.45 bits per heavy atom. The second kappa shape index (κ2) is 5.97. The lowest BCUT2D eigenvalue weighted by molar-refractivity contribution is -0.275. The van der Waals surface area contributed by atoms with Crippen LogP contribution in [0.2, 0.25) is 0 Å². The highest BCUT2D eigenvalue weighted by Crippen LogP contribution is 2.31. The molecule has 3 nitrogen and oxygen atoms in total. The molecule has 1 aromatic rings. The quantitative estimate of drug-likeness (QED) is 0.842. The maximum absolute atomic E-state index is 13.6. The average molecular weight is 292 g/mol. The standard InChI is InChI=1S/C13H16F4N2O/c14-10-7-9(1-2-11(10)20-13(15,16)17)12(18)8-3-5-19-6-4-8/h1-2,7-8,12,19H,3-6,18H2/t12-/m1/s1. The summed E-state index contributed by atoms with van der Waals surface area (Å²) in [4.78, 5) is 0. The summed E-state index contributed by atoms with van der Waals surface area (Å²) in [6.45, 7) is 1.69. The van der Waals surface area contributed by atoms with Gasteiger partial charge in [-0.05, 0) is 49.5 Å². The Kier molecular flexibility index (Phi) is 4.49. The van der Waals surface area contributed by atoms with Gasteiger partial charge in [0.15, 0.2) is 11.6 Å². The lowest BCUT2D eigenvalue weighted by Crippen LogP contribution is -2.33. The molecule has 0 aromatic heterocycles. The van der Waals surface area contributed by atoms with Crippen molar-refractivity contribution in [1.29, 1.82) is 0 Å². The summed E-state index contributed by atoms with van der Waals surface area (Å²) in [5, 5.41) is 3.19. The van der Waals surface area contributed by atoms with Crippen LogP contribution in [0.1, 0.15) is 24.4 Å². The number of nitrogens with two attached hydrogens (primary N) is 1. The van der Waals surface area contributed by atoms with Crippen LogP contribution in [0.5, 0.6) is 5.75 Å². The largest absolute Gasteiger partial charge is 0.573 e. The molecule has 0 amide bonds. The number of halogens is 4. The van der Waals surface area contributed by atoms with Crippen LogP contribution in [0.3, 0.4) is 0 Å². The molecular formula is C13H16F4N2O. The van der Waals surface area contributed by atoms with E-state index in [4.69, 9.17) is 5.73 Å². The van der Waals surface area contributed by atoms with E-state index < -0.39 is 17.9 Å². The first kappa shape index (κ1) is 15.1. The Hall–Kier alpha value is -1.34. The molecular weight excluding hydrogens is 276 g/mol. The van der Waals surface area contributed by atoms with Crippen LogP contribution in [0.25, 0.3) is 0 Å². The van der Waals surface area contributed by atoms with Crippen LogP contribution < -0.4 is 15.8 Å². The minimum Gasteiger partial charge on any atom is -0.403 e. The predicted octanol–water partition coefficient (Wildman–Crippen LogP) is 2.72. The fourth-order valence-corrected chi connectivity index (χ4v) is 2.41. The molecule has 0 aliphatic carbocycles. The van der Waals surface area contributed by atoms with E-state index in [-0.39, 0.29) is 12.0 Å². The average Bonchev–Trinajstić information content (AvgIpc) is 2.40. The van der Waals surface area contributed by atoms with Gasteiger partial charge >= 0.3 is 6.36 Å². The zero-order valence-corrected chi connectivity index (χ0v) is 10.7. The Bertz CT molecular complexity index is 458. The van der Waals surface area contributed by atoms with E-state index in [0.29, 0.717) is 5.56 Å². The van der Waals surface area contributed by atoms with Crippen molar-refractivity contribution >= 4 is 0 Å². The van der Waals surface area contributed by atoms with Crippen LogP contribution >= 0.6 is 0 Å². The van der Waals surface area contributed by atoms with Crippen LogP contribution in [0.15, 0.2) is 18.2 Å². The van der Waals surface area contributed by atoms with Crippen LogP contribution in [0.4, 0.5) is 17.6 Å². The molecule has 112 valence electrons. The van der Waals surface area contributed by atoms with Gasteiger partial charge in [0.1, 0.15) is 0 Å². The summed E-state index contributed by atoms with van der Waals surface area (Å²) in [6.07, 6.45) is -3.17. The number of alkyl halides is 3. The minimum atomic E-state index is -4.90. The van der Waals surface area contributed by atoms with Gasteiger partial charge in [0.25, 0.3) is 0 Å². The molecule has 1 heterocycles. The molecule has 3 N–H and O–H groups in total. The van der Waals surface area contributed by atoms with E-state index in [9.17, 15) is 17.6 Å². The van der Waals surface area contributed by atoms with Gasteiger partial charge in [0.2, 0.25) is 0 Å². The van der Waals surface area contributed by atoms with Crippen molar-refractivity contribution in [2.24, 2.45) is 11.7 Å². The van der Waals surface area contributed by atoms with E-state index in [2.05, 4.69) is 10.1 Å². The molecule has 1 atom stereocenters. The highest BCUT2D eigenvalue weighted by Gasteiger charge is 2.32. The number of ether oxygens (including phenoxy) is 1. The van der Waals surface area contributed by atoms with Crippen LogP contribution in [-0.4, -0.2) is 19.5 Å². The first-order valence-electron chi connectivity index (χ1n) is 6.38. The van der Waals surface area contributed by atoms with Gasteiger partial charge < -0.3 is 15.8 Å². The molecule has 1 aromatic carbocycles. The fraction of sp³-hybridized carbons (Fsp3) is 0.538. The van der Waals surface area contributed by atoms with Crippen molar-refractivity contribution in [3.8, 4) is 5.75 Å². The summed E-state index contributed by atoms with van der Waals surface area (Å²) in [5.41, 5.74) is 6.55. The first-order chi connectivity index (χ1) is 9.37. The predicted molar refractivity (Wildman–Crippen MR) is 65.6 cm³/mol. The van der Waals surface area contributed by atoms with Crippen molar-refractivity contribution < 1.29 is 22.3 Å². The number of nitrogens with one attached hydrogen (secondary N) is 1. The summed E-state index contributed by atoms with van der Waals surface area (Å²) in [6, 6.07) is 3.00.